The summed E-state index contributed by atoms with van der Waals surface area (Å²) in [6.07, 6.45) is 1.44. The Morgan fingerprint density at radius 2 is 2.11 bits per heavy atom. The van der Waals surface area contributed by atoms with E-state index in [9.17, 15) is 4.79 Å². The van der Waals surface area contributed by atoms with Crippen LogP contribution in [0.2, 0.25) is 0 Å². The molecule has 1 aliphatic rings. The van der Waals surface area contributed by atoms with Gasteiger partial charge < -0.3 is 16.0 Å². The number of carbonyl (C=O) groups excluding carboxylic acids is 1. The second-order valence-corrected chi connectivity index (χ2v) is 4.61. The molecule has 0 aromatic rings. The fraction of sp³-hybridized carbons (Fsp3) is 0.667. The monoisotopic (exact) mass is 285 g/mol. The van der Waals surface area contributed by atoms with Gasteiger partial charge in [0.15, 0.2) is 0 Å². The minimum Gasteiger partial charge on any atom is -0.388 e. The first-order chi connectivity index (χ1) is 9.22. The lowest BCUT2D eigenvalue weighted by molar-refractivity contribution is -0.128. The highest BCUT2D eigenvalue weighted by Gasteiger charge is 2.23. The Morgan fingerprint density at radius 3 is 2.63 bits per heavy atom. The van der Waals surface area contributed by atoms with Crippen LogP contribution in [-0.4, -0.2) is 67.4 Å². The summed E-state index contributed by atoms with van der Waals surface area (Å²) in [6.45, 7) is 4.87. The van der Waals surface area contributed by atoms with E-state index in [1.807, 2.05) is 6.07 Å². The molecular weight excluding hydrogens is 266 g/mol. The molecule has 0 aliphatic carbocycles. The Balaban J connectivity index is 2.49. The van der Waals surface area contributed by atoms with Crippen molar-refractivity contribution in [2.24, 2.45) is 5.73 Å². The number of rotatable bonds is 6. The third kappa shape index (κ3) is 5.07. The summed E-state index contributed by atoms with van der Waals surface area (Å²) in [5.41, 5.74) is 5.62. The van der Waals surface area contributed by atoms with Gasteiger partial charge in [-0.15, -0.1) is 11.6 Å². The molecule has 6 nitrogen and oxygen atoms in total. The Morgan fingerprint density at radius 1 is 1.42 bits per heavy atom. The molecule has 1 heterocycles. The van der Waals surface area contributed by atoms with Gasteiger partial charge in [-0.3, -0.25) is 9.69 Å². The maximum atomic E-state index is 12.1. The predicted molar refractivity (Wildman–Crippen MR) is 74.5 cm³/mol. The minimum absolute atomic E-state index is 0.123. The average molecular weight is 286 g/mol. The van der Waals surface area contributed by atoms with Gasteiger partial charge in [0.05, 0.1) is 0 Å². The van der Waals surface area contributed by atoms with Gasteiger partial charge in [0.25, 0.3) is 5.91 Å². The van der Waals surface area contributed by atoms with Crippen molar-refractivity contribution in [2.75, 3.05) is 51.7 Å². The van der Waals surface area contributed by atoms with Crippen molar-refractivity contribution in [3.63, 3.8) is 0 Å². The SMILES string of the molecule is N#C/C(=C/NCCCl)C(=O)N1CCN(CCN)CC1. The molecule has 106 valence electrons. The van der Waals surface area contributed by atoms with Gasteiger partial charge in [0.1, 0.15) is 11.6 Å². The topological polar surface area (TPSA) is 85.4 Å². The summed E-state index contributed by atoms with van der Waals surface area (Å²) >= 11 is 5.52. The number of amides is 1. The van der Waals surface area contributed by atoms with E-state index in [1.165, 1.54) is 6.20 Å². The van der Waals surface area contributed by atoms with Crippen LogP contribution in [-0.2, 0) is 4.79 Å². The van der Waals surface area contributed by atoms with Gasteiger partial charge in [0.2, 0.25) is 0 Å². The number of alkyl halides is 1. The highest BCUT2D eigenvalue weighted by atomic mass is 35.5. The lowest BCUT2D eigenvalue weighted by atomic mass is 10.2. The van der Waals surface area contributed by atoms with E-state index in [-0.39, 0.29) is 11.5 Å². The molecule has 1 aliphatic heterocycles. The summed E-state index contributed by atoms with van der Waals surface area (Å²) in [5, 5.41) is 11.8. The average Bonchev–Trinajstić information content (AvgIpc) is 2.44. The Hall–Kier alpha value is -1.29. The number of nitrogens with one attached hydrogen (secondary N) is 1. The van der Waals surface area contributed by atoms with Crippen molar-refractivity contribution in [1.82, 2.24) is 15.1 Å². The van der Waals surface area contributed by atoms with E-state index in [0.29, 0.717) is 32.1 Å². The summed E-state index contributed by atoms with van der Waals surface area (Å²) < 4.78 is 0. The third-order valence-corrected chi connectivity index (χ3v) is 3.13. The van der Waals surface area contributed by atoms with E-state index in [1.54, 1.807) is 4.90 Å². The highest BCUT2D eigenvalue weighted by molar-refractivity contribution is 6.18. The molecule has 1 rings (SSSR count). The van der Waals surface area contributed by atoms with Gasteiger partial charge in [-0.2, -0.15) is 5.26 Å². The van der Waals surface area contributed by atoms with Crippen molar-refractivity contribution < 1.29 is 4.79 Å². The number of hydrogen-bond acceptors (Lipinski definition) is 5. The number of piperazine rings is 1. The molecule has 0 saturated carbocycles. The highest BCUT2D eigenvalue weighted by Crippen LogP contribution is 2.06. The van der Waals surface area contributed by atoms with Crippen LogP contribution in [0.5, 0.6) is 0 Å². The second-order valence-electron chi connectivity index (χ2n) is 4.24. The Labute approximate surface area is 118 Å². The standard InChI is InChI=1S/C12H20ClN5O/c13-1-3-16-10-11(9-15)12(19)18-7-5-17(4-2-14)6-8-18/h10,16H,1-8,14H2/b11-10-. The quantitative estimate of drug-likeness (QED) is 0.292. The summed E-state index contributed by atoms with van der Waals surface area (Å²) in [4.78, 5) is 16.0. The number of nitrogens with zero attached hydrogens (tertiary/aromatic N) is 3. The molecule has 1 amide bonds. The summed E-state index contributed by atoms with van der Waals surface area (Å²) in [7, 11) is 0. The number of carbonyl (C=O) groups is 1. The molecular formula is C12H20ClN5O. The number of halogens is 1. The van der Waals surface area contributed by atoms with Crippen molar-refractivity contribution in [2.45, 2.75) is 0 Å². The Bertz CT molecular complexity index is 358. The van der Waals surface area contributed by atoms with E-state index in [2.05, 4.69) is 10.2 Å². The van der Waals surface area contributed by atoms with Crippen LogP contribution in [0.25, 0.3) is 0 Å². The summed E-state index contributed by atoms with van der Waals surface area (Å²) in [5.74, 6) is 0.207. The van der Waals surface area contributed by atoms with Gasteiger partial charge in [-0.25, -0.2) is 0 Å². The maximum Gasteiger partial charge on any atom is 0.266 e. The zero-order valence-electron chi connectivity index (χ0n) is 10.9. The fourth-order valence-corrected chi connectivity index (χ4v) is 2.01. The Kier molecular flexibility index (Phi) is 7.26. The molecule has 0 atom stereocenters. The van der Waals surface area contributed by atoms with Crippen LogP contribution < -0.4 is 11.1 Å². The first kappa shape index (κ1) is 15.8. The first-order valence-electron chi connectivity index (χ1n) is 6.34. The van der Waals surface area contributed by atoms with Gasteiger partial charge >= 0.3 is 0 Å². The van der Waals surface area contributed by atoms with Crippen LogP contribution in [0.3, 0.4) is 0 Å². The molecule has 0 aromatic carbocycles. The molecule has 0 bridgehead atoms. The van der Waals surface area contributed by atoms with Gasteiger partial charge in [0, 0.05) is 57.9 Å². The van der Waals surface area contributed by atoms with Crippen LogP contribution in [0.15, 0.2) is 11.8 Å². The minimum atomic E-state index is -0.225. The molecule has 0 radical (unpaired) electrons. The van der Waals surface area contributed by atoms with Gasteiger partial charge in [-0.05, 0) is 0 Å². The molecule has 3 N–H and O–H groups in total. The van der Waals surface area contributed by atoms with E-state index >= 15 is 0 Å². The van der Waals surface area contributed by atoms with Gasteiger partial charge in [-0.1, -0.05) is 0 Å². The van der Waals surface area contributed by atoms with Crippen LogP contribution >= 0.6 is 11.6 Å². The molecule has 0 aromatic heterocycles. The summed E-state index contributed by atoms with van der Waals surface area (Å²) in [6, 6.07) is 1.93. The van der Waals surface area contributed by atoms with Crippen molar-refractivity contribution in [3.8, 4) is 6.07 Å². The third-order valence-electron chi connectivity index (χ3n) is 2.94. The van der Waals surface area contributed by atoms with Crippen molar-refractivity contribution in [3.05, 3.63) is 11.8 Å². The zero-order valence-corrected chi connectivity index (χ0v) is 11.7. The normalized spacial score (nSPS) is 17.1. The van der Waals surface area contributed by atoms with Crippen molar-refractivity contribution >= 4 is 17.5 Å². The van der Waals surface area contributed by atoms with Crippen LogP contribution in [0.1, 0.15) is 0 Å². The molecule has 1 saturated heterocycles. The lowest BCUT2D eigenvalue weighted by Gasteiger charge is -2.34. The van der Waals surface area contributed by atoms with E-state index in [0.717, 1.165) is 19.6 Å². The van der Waals surface area contributed by atoms with Crippen molar-refractivity contribution in [1.29, 1.82) is 5.26 Å². The fourth-order valence-electron chi connectivity index (χ4n) is 1.90. The molecule has 0 unspecified atom stereocenters. The largest absolute Gasteiger partial charge is 0.388 e. The molecule has 19 heavy (non-hydrogen) atoms. The van der Waals surface area contributed by atoms with E-state index in [4.69, 9.17) is 22.6 Å². The number of nitrogens with two attached hydrogens (primary N) is 1. The van der Waals surface area contributed by atoms with Crippen LogP contribution in [0, 0.1) is 11.3 Å². The maximum absolute atomic E-state index is 12.1. The predicted octanol–water partition coefficient (Wildman–Crippen LogP) is -0.675. The zero-order chi connectivity index (χ0) is 14.1. The number of hydrogen-bond donors (Lipinski definition) is 2. The van der Waals surface area contributed by atoms with Crippen LogP contribution in [0.4, 0.5) is 0 Å². The molecule has 7 heteroatoms. The smallest absolute Gasteiger partial charge is 0.266 e. The molecule has 1 fully saturated rings. The van der Waals surface area contributed by atoms with E-state index < -0.39 is 0 Å². The second kappa shape index (κ2) is 8.75. The lowest BCUT2D eigenvalue weighted by Crippen LogP contribution is -2.50. The number of nitriles is 1. The first-order valence-corrected chi connectivity index (χ1v) is 6.87. The molecule has 0 spiro atoms.